The Morgan fingerprint density at radius 3 is 2.05 bits per heavy atom. The number of likely N-dealkylation sites (N-methyl/N-ethyl adjacent to an activating group) is 1. The summed E-state index contributed by atoms with van der Waals surface area (Å²) in [6, 6.07) is 0. The predicted molar refractivity (Wildman–Crippen MR) is 81.8 cm³/mol. The highest BCUT2D eigenvalue weighted by Crippen LogP contribution is 2.19. The summed E-state index contributed by atoms with van der Waals surface area (Å²) in [6.07, 6.45) is 1.82. The van der Waals surface area contributed by atoms with Crippen LogP contribution in [0.5, 0.6) is 0 Å². The number of unbranched alkanes of at least 4 members (excludes halogenated alkanes) is 1. The van der Waals surface area contributed by atoms with Crippen molar-refractivity contribution in [1.82, 2.24) is 0 Å². The Kier molecular flexibility index (Phi) is 7.47. The van der Waals surface area contributed by atoms with Gasteiger partial charge in [0.1, 0.15) is 6.54 Å². The number of thiocarbonyl (C=S) groups is 1. The number of aliphatic hydroxyl groups is 1. The highest BCUT2D eigenvalue weighted by molar-refractivity contribution is 7.80. The first-order valence-corrected chi connectivity index (χ1v) is 7.14. The third-order valence-corrected chi connectivity index (χ3v) is 3.09. The lowest BCUT2D eigenvalue weighted by atomic mass is 9.89. The zero-order valence-corrected chi connectivity index (χ0v) is 13.6. The van der Waals surface area contributed by atoms with Crippen LogP contribution in [0.4, 0.5) is 0 Å². The number of hydrogen-bond donors (Lipinski definition) is 2. The third-order valence-electron chi connectivity index (χ3n) is 2.88. The van der Waals surface area contributed by atoms with Gasteiger partial charge in [-0.25, -0.2) is 0 Å². The van der Waals surface area contributed by atoms with Crippen molar-refractivity contribution >= 4 is 28.8 Å². The molecule has 0 spiro atoms. The molecule has 0 aliphatic carbocycles. The number of carbonyl (C=O) groups excluding carboxylic acids is 1. The minimum Gasteiger partial charge on any atom is -0.481 e. The lowest BCUT2D eigenvalue weighted by Crippen LogP contribution is -2.54. The Balaban J connectivity index is 4.64. The summed E-state index contributed by atoms with van der Waals surface area (Å²) in [5, 5.41) is 19.3. The van der Waals surface area contributed by atoms with Crippen LogP contribution in [0.1, 0.15) is 39.0 Å². The molecule has 20 heavy (non-hydrogen) atoms. The van der Waals surface area contributed by atoms with Crippen LogP contribution in [0.3, 0.4) is 0 Å². The van der Waals surface area contributed by atoms with Crippen molar-refractivity contribution in [3.05, 3.63) is 0 Å². The van der Waals surface area contributed by atoms with Gasteiger partial charge in [0.2, 0.25) is 0 Å². The molecular weight excluding hydrogens is 278 g/mol. The first-order chi connectivity index (χ1) is 8.96. The summed E-state index contributed by atoms with van der Waals surface area (Å²) >= 11 is 4.96. The molecule has 6 heteroatoms. The van der Waals surface area contributed by atoms with Crippen LogP contribution in [-0.2, 0) is 9.59 Å². The molecular formula is C14H26NO4S+. The molecule has 0 aromatic heterocycles. The van der Waals surface area contributed by atoms with Gasteiger partial charge in [-0.2, -0.15) is 0 Å². The fourth-order valence-corrected chi connectivity index (χ4v) is 2.31. The normalized spacial score (nSPS) is 14.7. The molecule has 0 radical (unpaired) electrons. The molecule has 0 aromatic carbocycles. The summed E-state index contributed by atoms with van der Waals surface area (Å²) in [7, 11) is 5.45. The van der Waals surface area contributed by atoms with Crippen LogP contribution in [0.2, 0.25) is 0 Å². The van der Waals surface area contributed by atoms with E-state index < -0.39 is 23.8 Å². The first kappa shape index (κ1) is 19.1. The maximum Gasteiger partial charge on any atom is 0.306 e. The van der Waals surface area contributed by atoms with Crippen LogP contribution in [-0.4, -0.2) is 64.6 Å². The molecule has 0 saturated heterocycles. The number of aliphatic carboxylic acids is 1. The molecule has 0 heterocycles. The van der Waals surface area contributed by atoms with Crippen molar-refractivity contribution in [2.75, 3.05) is 27.7 Å². The van der Waals surface area contributed by atoms with Crippen molar-refractivity contribution in [3.63, 3.8) is 0 Å². The van der Waals surface area contributed by atoms with E-state index in [9.17, 15) is 14.7 Å². The minimum absolute atomic E-state index is 0.0876. The second kappa shape index (κ2) is 7.81. The number of carboxylic acid groups (broad SMARTS) is 1. The molecule has 1 unspecified atom stereocenters. The summed E-state index contributed by atoms with van der Waals surface area (Å²) < 4.78 is 0.328. The number of nitrogens with zero attached hydrogens (tertiary/aromatic N) is 1. The smallest absolute Gasteiger partial charge is 0.306 e. The number of Topliss-reactive ketones (excluding diaryl/α,β-unsaturated/α-hetero) is 1. The Morgan fingerprint density at radius 1 is 1.15 bits per heavy atom. The van der Waals surface area contributed by atoms with E-state index in [0.717, 1.165) is 17.7 Å². The van der Waals surface area contributed by atoms with Gasteiger partial charge in [-0.05, 0) is 31.1 Å². The predicted octanol–water partition coefficient (Wildman–Crippen LogP) is 1.42. The van der Waals surface area contributed by atoms with Gasteiger partial charge in [0.15, 0.2) is 11.4 Å². The van der Waals surface area contributed by atoms with E-state index in [1.165, 1.54) is 0 Å². The van der Waals surface area contributed by atoms with Crippen molar-refractivity contribution in [2.45, 2.75) is 44.6 Å². The molecule has 0 aromatic rings. The molecule has 2 N–H and O–H groups in total. The van der Waals surface area contributed by atoms with Crippen molar-refractivity contribution in [1.29, 1.82) is 0 Å². The Hall–Kier alpha value is -0.850. The van der Waals surface area contributed by atoms with Gasteiger partial charge >= 0.3 is 5.97 Å². The van der Waals surface area contributed by atoms with Gasteiger partial charge in [-0.3, -0.25) is 9.59 Å². The average Bonchev–Trinajstić information content (AvgIpc) is 2.19. The molecule has 0 fully saturated rings. The Labute approximate surface area is 126 Å². The molecule has 0 saturated carbocycles. The zero-order chi connectivity index (χ0) is 16.0. The lowest BCUT2D eigenvalue weighted by molar-refractivity contribution is -0.875. The Morgan fingerprint density at radius 2 is 1.65 bits per heavy atom. The summed E-state index contributed by atoms with van der Waals surface area (Å²) in [5.74, 6) is -1.56. The van der Waals surface area contributed by atoms with Crippen molar-refractivity contribution < 1.29 is 24.3 Å². The van der Waals surface area contributed by atoms with Crippen molar-refractivity contribution in [2.24, 2.45) is 0 Å². The van der Waals surface area contributed by atoms with E-state index in [1.807, 2.05) is 28.1 Å². The molecule has 0 rings (SSSR count). The maximum absolute atomic E-state index is 12.2. The second-order valence-electron chi connectivity index (χ2n) is 6.38. The van der Waals surface area contributed by atoms with Gasteiger partial charge < -0.3 is 14.7 Å². The highest BCUT2D eigenvalue weighted by Gasteiger charge is 2.42. The number of carboxylic acids is 1. The van der Waals surface area contributed by atoms with Crippen molar-refractivity contribution in [3.8, 4) is 0 Å². The molecule has 0 bridgehead atoms. The quantitative estimate of drug-likeness (QED) is 0.363. The number of hydrogen-bond acceptors (Lipinski definition) is 4. The van der Waals surface area contributed by atoms with Crippen LogP contribution in [0.25, 0.3) is 0 Å². The number of carbonyl (C=O) groups is 2. The monoisotopic (exact) mass is 304 g/mol. The zero-order valence-electron chi connectivity index (χ0n) is 12.8. The van der Waals surface area contributed by atoms with E-state index in [1.54, 1.807) is 0 Å². The summed E-state index contributed by atoms with van der Waals surface area (Å²) in [5.41, 5.74) is -1.79. The van der Waals surface area contributed by atoms with Crippen LogP contribution >= 0.6 is 12.2 Å². The largest absolute Gasteiger partial charge is 0.481 e. The number of ketones is 1. The fourth-order valence-electron chi connectivity index (χ4n) is 2.17. The second-order valence-corrected chi connectivity index (χ2v) is 7.08. The molecule has 0 aliphatic rings. The van der Waals surface area contributed by atoms with Crippen LogP contribution < -0.4 is 0 Å². The standard InChI is InChI=1S/C14H25NO4S/c1-11(20)7-5-6-8-12(16)14(19,9-13(17)18)10-15(2,3)4/h19H,5-10H2,1-4H3/p+1. The van der Waals surface area contributed by atoms with Gasteiger partial charge in [0.25, 0.3) is 0 Å². The van der Waals surface area contributed by atoms with E-state index >= 15 is 0 Å². The molecule has 0 amide bonds. The van der Waals surface area contributed by atoms with E-state index in [0.29, 0.717) is 10.9 Å². The van der Waals surface area contributed by atoms with E-state index in [4.69, 9.17) is 17.3 Å². The van der Waals surface area contributed by atoms with Gasteiger partial charge in [0, 0.05) is 6.42 Å². The first-order valence-electron chi connectivity index (χ1n) is 6.74. The SMILES string of the molecule is CC(=S)CCCCC(=O)C(O)(CC(=O)O)C[N+](C)(C)C. The van der Waals surface area contributed by atoms with Gasteiger partial charge in [0.05, 0.1) is 27.6 Å². The Bertz CT molecular complexity index is 376. The fraction of sp³-hybridized carbons (Fsp3) is 0.786. The topological polar surface area (TPSA) is 74.6 Å². The summed E-state index contributed by atoms with van der Waals surface area (Å²) in [6.45, 7) is 1.94. The number of quaternary nitrogens is 1. The molecule has 5 nitrogen and oxygen atoms in total. The highest BCUT2D eigenvalue weighted by atomic mass is 32.1. The van der Waals surface area contributed by atoms with Gasteiger partial charge in [-0.15, -0.1) is 0 Å². The van der Waals surface area contributed by atoms with Gasteiger partial charge in [-0.1, -0.05) is 12.2 Å². The molecule has 0 aliphatic heterocycles. The molecule has 1 atom stereocenters. The van der Waals surface area contributed by atoms with E-state index in [2.05, 4.69) is 0 Å². The van der Waals surface area contributed by atoms with Crippen LogP contribution in [0, 0.1) is 0 Å². The lowest BCUT2D eigenvalue weighted by Gasteiger charge is -2.33. The average molecular weight is 304 g/mol. The molecule has 116 valence electrons. The summed E-state index contributed by atoms with van der Waals surface area (Å²) in [4.78, 5) is 23.9. The minimum atomic E-state index is -1.79. The van der Waals surface area contributed by atoms with Crippen LogP contribution in [0.15, 0.2) is 0 Å². The maximum atomic E-state index is 12.2. The van der Waals surface area contributed by atoms with E-state index in [-0.39, 0.29) is 13.0 Å². The number of rotatable bonds is 10. The third kappa shape index (κ3) is 8.35.